The highest BCUT2D eigenvalue weighted by atomic mass is 35.5. The van der Waals surface area contributed by atoms with Crippen molar-refractivity contribution in [1.82, 2.24) is 4.98 Å². The maximum Gasteiger partial charge on any atom is 0.311 e. The van der Waals surface area contributed by atoms with Gasteiger partial charge in [-0.1, -0.05) is 11.6 Å². The fourth-order valence-corrected chi connectivity index (χ4v) is 2.34. The molecule has 1 fully saturated rings. The fraction of sp³-hybridized carbons (Fsp3) is 0.500. The molecular formula is C12H12ClF2N3O3. The number of hydrogen-bond acceptors (Lipinski definition) is 4. The van der Waals surface area contributed by atoms with Crippen LogP contribution in [0.3, 0.4) is 0 Å². The van der Waals surface area contributed by atoms with E-state index in [4.69, 9.17) is 11.6 Å². The van der Waals surface area contributed by atoms with Gasteiger partial charge in [0.25, 0.3) is 0 Å². The third-order valence-corrected chi connectivity index (χ3v) is 3.58. The number of nitro groups is 1. The van der Waals surface area contributed by atoms with Crippen LogP contribution in [0.2, 0.25) is 5.15 Å². The monoisotopic (exact) mass is 319 g/mol. The topological polar surface area (TPSA) is 85.1 Å². The van der Waals surface area contributed by atoms with Crippen LogP contribution in [-0.2, 0) is 4.79 Å². The molecule has 1 saturated carbocycles. The molecule has 6 nitrogen and oxygen atoms in total. The molecule has 1 aliphatic rings. The predicted octanol–water partition coefficient (Wildman–Crippen LogP) is 3.41. The molecule has 114 valence electrons. The summed E-state index contributed by atoms with van der Waals surface area (Å²) in [4.78, 5) is 25.9. The lowest BCUT2D eigenvalue weighted by Crippen LogP contribution is -2.32. The Kier molecular flexibility index (Phi) is 4.36. The molecule has 1 N–H and O–H groups in total. The first-order valence-electron chi connectivity index (χ1n) is 6.28. The lowest BCUT2D eigenvalue weighted by Gasteiger charge is -2.27. The van der Waals surface area contributed by atoms with Gasteiger partial charge in [0.1, 0.15) is 5.15 Å². The van der Waals surface area contributed by atoms with E-state index in [0.29, 0.717) is 0 Å². The van der Waals surface area contributed by atoms with Crippen LogP contribution < -0.4 is 5.32 Å². The van der Waals surface area contributed by atoms with Crippen molar-refractivity contribution in [2.45, 2.75) is 31.6 Å². The molecule has 0 aliphatic heterocycles. The second-order valence-electron chi connectivity index (χ2n) is 4.88. The Morgan fingerprint density at radius 1 is 1.43 bits per heavy atom. The summed E-state index contributed by atoms with van der Waals surface area (Å²) in [7, 11) is 0. The summed E-state index contributed by atoms with van der Waals surface area (Å²) < 4.78 is 26.1. The number of nitrogens with zero attached hydrogens (tertiary/aromatic N) is 2. The first kappa shape index (κ1) is 15.6. The van der Waals surface area contributed by atoms with Crippen LogP contribution in [-0.4, -0.2) is 21.7 Å². The summed E-state index contributed by atoms with van der Waals surface area (Å²) in [6, 6.07) is 2.36. The molecule has 0 unspecified atom stereocenters. The van der Waals surface area contributed by atoms with Gasteiger partial charge in [-0.05, 0) is 18.9 Å². The molecule has 2 rings (SSSR count). The minimum absolute atomic E-state index is 0.00826. The van der Waals surface area contributed by atoms with Crippen LogP contribution in [0.15, 0.2) is 12.1 Å². The molecule has 9 heteroatoms. The van der Waals surface area contributed by atoms with Crippen molar-refractivity contribution >= 4 is 29.0 Å². The van der Waals surface area contributed by atoms with E-state index in [9.17, 15) is 23.7 Å². The number of carbonyl (C=O) groups is 1. The average molecular weight is 320 g/mol. The average Bonchev–Trinajstić information content (AvgIpc) is 2.38. The number of carbonyl (C=O) groups excluding carboxylic acids is 1. The molecule has 1 amide bonds. The van der Waals surface area contributed by atoms with Gasteiger partial charge in [-0.15, -0.1) is 0 Å². The number of alkyl halides is 2. The number of anilines is 1. The van der Waals surface area contributed by atoms with Crippen LogP contribution in [0.25, 0.3) is 0 Å². The summed E-state index contributed by atoms with van der Waals surface area (Å²) in [5.74, 6) is -4.17. The second kappa shape index (κ2) is 5.88. The molecule has 1 heterocycles. The molecule has 0 bridgehead atoms. The number of aromatic nitrogens is 1. The number of pyridine rings is 1. The van der Waals surface area contributed by atoms with Gasteiger partial charge >= 0.3 is 5.69 Å². The van der Waals surface area contributed by atoms with E-state index in [-0.39, 0.29) is 36.7 Å². The molecule has 1 aromatic rings. The van der Waals surface area contributed by atoms with Gasteiger partial charge in [-0.25, -0.2) is 13.8 Å². The van der Waals surface area contributed by atoms with Crippen molar-refractivity contribution in [3.8, 4) is 0 Å². The number of nitrogens with one attached hydrogen (secondary N) is 1. The molecule has 0 saturated heterocycles. The van der Waals surface area contributed by atoms with Gasteiger partial charge in [-0.3, -0.25) is 14.9 Å². The predicted molar refractivity (Wildman–Crippen MR) is 71.4 cm³/mol. The third-order valence-electron chi connectivity index (χ3n) is 3.37. The summed E-state index contributed by atoms with van der Waals surface area (Å²) in [6.07, 6.45) is -0.660. The van der Waals surface area contributed by atoms with Crippen molar-refractivity contribution in [3.05, 3.63) is 27.4 Å². The first-order valence-corrected chi connectivity index (χ1v) is 6.66. The Bertz CT molecular complexity index is 573. The van der Waals surface area contributed by atoms with Crippen molar-refractivity contribution in [3.63, 3.8) is 0 Å². The lowest BCUT2D eigenvalue weighted by molar-refractivity contribution is -0.384. The molecule has 21 heavy (non-hydrogen) atoms. The molecule has 0 aromatic carbocycles. The Balaban J connectivity index is 2.10. The molecule has 0 spiro atoms. The highest BCUT2D eigenvalue weighted by Crippen LogP contribution is 2.36. The van der Waals surface area contributed by atoms with E-state index in [1.807, 2.05) is 0 Å². The zero-order valence-corrected chi connectivity index (χ0v) is 11.6. The number of halogens is 3. The summed E-state index contributed by atoms with van der Waals surface area (Å²) in [5.41, 5.74) is -0.395. The minimum Gasteiger partial charge on any atom is -0.305 e. The fourth-order valence-electron chi connectivity index (χ4n) is 2.19. The van der Waals surface area contributed by atoms with Crippen LogP contribution in [0.1, 0.15) is 25.7 Å². The smallest absolute Gasteiger partial charge is 0.305 e. The largest absolute Gasteiger partial charge is 0.311 e. The van der Waals surface area contributed by atoms with E-state index in [0.717, 1.165) is 6.07 Å². The Morgan fingerprint density at radius 2 is 2.05 bits per heavy atom. The van der Waals surface area contributed by atoms with Crippen molar-refractivity contribution in [2.75, 3.05) is 5.32 Å². The van der Waals surface area contributed by atoms with Gasteiger partial charge in [0.15, 0.2) is 0 Å². The molecule has 0 atom stereocenters. The molecular weight excluding hydrogens is 308 g/mol. The maximum atomic E-state index is 13.0. The van der Waals surface area contributed by atoms with Gasteiger partial charge in [0, 0.05) is 24.8 Å². The zero-order valence-electron chi connectivity index (χ0n) is 10.8. The standard InChI is InChI=1S/C12H12ClF2N3O3/c13-9-2-1-8(18(20)21)10(16-9)17-11(19)7-3-5-12(14,15)6-4-7/h1-2,7H,3-6H2,(H,16,17,19). The highest BCUT2D eigenvalue weighted by Gasteiger charge is 2.37. The summed E-state index contributed by atoms with van der Waals surface area (Å²) in [6.45, 7) is 0. The highest BCUT2D eigenvalue weighted by molar-refractivity contribution is 6.29. The van der Waals surface area contributed by atoms with E-state index in [2.05, 4.69) is 10.3 Å². The molecule has 1 aromatic heterocycles. The van der Waals surface area contributed by atoms with Crippen molar-refractivity contribution in [1.29, 1.82) is 0 Å². The first-order chi connectivity index (χ1) is 9.78. The Hall–Kier alpha value is -1.83. The zero-order chi connectivity index (χ0) is 15.6. The van der Waals surface area contributed by atoms with E-state index in [1.54, 1.807) is 0 Å². The Labute approximate surface area is 123 Å². The molecule has 1 aliphatic carbocycles. The van der Waals surface area contributed by atoms with Crippen molar-refractivity contribution in [2.24, 2.45) is 5.92 Å². The van der Waals surface area contributed by atoms with Crippen LogP contribution in [0.4, 0.5) is 20.3 Å². The van der Waals surface area contributed by atoms with Crippen LogP contribution >= 0.6 is 11.6 Å². The lowest BCUT2D eigenvalue weighted by atomic mass is 9.86. The van der Waals surface area contributed by atoms with Crippen LogP contribution in [0, 0.1) is 16.0 Å². The van der Waals surface area contributed by atoms with Gasteiger partial charge in [0.2, 0.25) is 17.6 Å². The summed E-state index contributed by atoms with van der Waals surface area (Å²) >= 11 is 5.64. The number of rotatable bonds is 3. The van der Waals surface area contributed by atoms with Gasteiger partial charge < -0.3 is 5.32 Å². The number of hydrogen-bond donors (Lipinski definition) is 1. The quantitative estimate of drug-likeness (QED) is 0.525. The van der Waals surface area contributed by atoms with Gasteiger partial charge in [-0.2, -0.15) is 0 Å². The normalized spacial score (nSPS) is 18.2. The SMILES string of the molecule is O=C(Nc1nc(Cl)ccc1[N+](=O)[O-])C1CCC(F)(F)CC1. The number of amides is 1. The minimum atomic E-state index is -2.74. The van der Waals surface area contributed by atoms with Crippen LogP contribution in [0.5, 0.6) is 0 Å². The van der Waals surface area contributed by atoms with E-state index >= 15 is 0 Å². The third kappa shape index (κ3) is 3.84. The van der Waals surface area contributed by atoms with Gasteiger partial charge in [0.05, 0.1) is 4.92 Å². The van der Waals surface area contributed by atoms with Crippen molar-refractivity contribution < 1.29 is 18.5 Å². The Morgan fingerprint density at radius 3 is 2.62 bits per heavy atom. The van der Waals surface area contributed by atoms with E-state index < -0.39 is 28.4 Å². The molecule has 0 radical (unpaired) electrons. The second-order valence-corrected chi connectivity index (χ2v) is 5.27. The maximum absolute atomic E-state index is 13.0. The van der Waals surface area contributed by atoms with E-state index in [1.165, 1.54) is 6.07 Å². The summed E-state index contributed by atoms with van der Waals surface area (Å²) in [5, 5.41) is 13.1.